The van der Waals surface area contributed by atoms with Gasteiger partial charge in [0.2, 0.25) is 0 Å². The van der Waals surface area contributed by atoms with Gasteiger partial charge in [-0.2, -0.15) is 0 Å². The second-order valence-corrected chi connectivity index (χ2v) is 5.49. The van der Waals surface area contributed by atoms with Gasteiger partial charge in [0.15, 0.2) is 11.5 Å². The van der Waals surface area contributed by atoms with Gasteiger partial charge in [-0.1, -0.05) is 15.9 Å². The molecule has 1 unspecified atom stereocenters. The number of aryl methyl sites for hydroxylation is 1. The molecule has 0 saturated carbocycles. The average molecular weight is 355 g/mol. The fourth-order valence-electron chi connectivity index (χ4n) is 2.18. The predicted molar refractivity (Wildman–Crippen MR) is 82.4 cm³/mol. The summed E-state index contributed by atoms with van der Waals surface area (Å²) >= 11 is 3.33. The first-order valence-electron chi connectivity index (χ1n) is 6.33. The van der Waals surface area contributed by atoms with E-state index < -0.39 is 11.9 Å². The molecular formula is C16H16BrFO3. The maximum atomic E-state index is 13.4. The minimum absolute atomic E-state index is 0.398. The van der Waals surface area contributed by atoms with Crippen LogP contribution >= 0.6 is 15.9 Å². The first kappa shape index (κ1) is 15.8. The Morgan fingerprint density at radius 3 is 2.29 bits per heavy atom. The van der Waals surface area contributed by atoms with E-state index in [0.29, 0.717) is 27.1 Å². The van der Waals surface area contributed by atoms with E-state index in [1.54, 1.807) is 25.3 Å². The highest BCUT2D eigenvalue weighted by Crippen LogP contribution is 2.37. The Bertz CT molecular complexity index is 658. The fourth-order valence-corrected chi connectivity index (χ4v) is 2.65. The first-order chi connectivity index (χ1) is 9.97. The third-order valence-electron chi connectivity index (χ3n) is 3.32. The zero-order chi connectivity index (χ0) is 15.6. The molecule has 2 rings (SSSR count). The van der Waals surface area contributed by atoms with E-state index in [-0.39, 0.29) is 0 Å². The maximum Gasteiger partial charge on any atom is 0.161 e. The molecule has 0 radical (unpaired) electrons. The quantitative estimate of drug-likeness (QED) is 0.901. The summed E-state index contributed by atoms with van der Waals surface area (Å²) in [5.41, 5.74) is 1.93. The zero-order valence-electron chi connectivity index (χ0n) is 12.0. The van der Waals surface area contributed by atoms with Gasteiger partial charge in [0, 0.05) is 10.0 Å². The molecule has 5 heteroatoms. The highest BCUT2D eigenvalue weighted by molar-refractivity contribution is 9.10. The molecule has 0 aliphatic heterocycles. The zero-order valence-corrected chi connectivity index (χ0v) is 13.6. The van der Waals surface area contributed by atoms with Crippen LogP contribution in [0.2, 0.25) is 0 Å². The van der Waals surface area contributed by atoms with Crippen molar-refractivity contribution in [2.24, 2.45) is 0 Å². The highest BCUT2D eigenvalue weighted by Gasteiger charge is 2.19. The second kappa shape index (κ2) is 6.45. The second-order valence-electron chi connectivity index (χ2n) is 4.63. The minimum Gasteiger partial charge on any atom is -0.493 e. The summed E-state index contributed by atoms with van der Waals surface area (Å²) in [4.78, 5) is 0. The Hall–Kier alpha value is -1.59. The summed E-state index contributed by atoms with van der Waals surface area (Å²) in [7, 11) is 3.08. The van der Waals surface area contributed by atoms with Crippen LogP contribution in [-0.2, 0) is 0 Å². The van der Waals surface area contributed by atoms with Gasteiger partial charge >= 0.3 is 0 Å². The molecule has 0 heterocycles. The van der Waals surface area contributed by atoms with Gasteiger partial charge in [0.1, 0.15) is 11.9 Å². The Kier molecular flexibility index (Phi) is 4.85. The van der Waals surface area contributed by atoms with Crippen molar-refractivity contribution in [3.8, 4) is 11.5 Å². The lowest BCUT2D eigenvalue weighted by Gasteiger charge is -2.18. The summed E-state index contributed by atoms with van der Waals surface area (Å²) < 4.78 is 24.5. The third-order valence-corrected chi connectivity index (χ3v) is 4.04. The SMILES string of the molecule is COc1cc(C)c(C(O)c2cc(F)ccc2Br)cc1OC. The van der Waals surface area contributed by atoms with Crippen LogP contribution in [0.1, 0.15) is 22.8 Å². The summed E-state index contributed by atoms with van der Waals surface area (Å²) in [6, 6.07) is 7.71. The lowest BCUT2D eigenvalue weighted by atomic mass is 9.97. The summed E-state index contributed by atoms with van der Waals surface area (Å²) in [6.07, 6.45) is -0.963. The predicted octanol–water partition coefficient (Wildman–Crippen LogP) is 4.00. The molecule has 0 aliphatic rings. The molecule has 0 spiro atoms. The molecule has 1 atom stereocenters. The van der Waals surface area contributed by atoms with Crippen LogP contribution in [0.3, 0.4) is 0 Å². The van der Waals surface area contributed by atoms with Crippen LogP contribution in [0.4, 0.5) is 4.39 Å². The molecule has 112 valence electrons. The third kappa shape index (κ3) is 3.19. The molecule has 1 N–H and O–H groups in total. The van der Waals surface area contributed by atoms with Gasteiger partial charge in [-0.25, -0.2) is 4.39 Å². The lowest BCUT2D eigenvalue weighted by molar-refractivity contribution is 0.217. The lowest BCUT2D eigenvalue weighted by Crippen LogP contribution is -2.05. The number of rotatable bonds is 4. The number of hydrogen-bond acceptors (Lipinski definition) is 3. The maximum absolute atomic E-state index is 13.4. The monoisotopic (exact) mass is 354 g/mol. The average Bonchev–Trinajstić information content (AvgIpc) is 2.48. The van der Waals surface area contributed by atoms with Gasteiger partial charge in [-0.3, -0.25) is 0 Å². The van der Waals surface area contributed by atoms with Crippen molar-refractivity contribution in [2.45, 2.75) is 13.0 Å². The van der Waals surface area contributed by atoms with Crippen LogP contribution < -0.4 is 9.47 Å². The number of halogens is 2. The first-order valence-corrected chi connectivity index (χ1v) is 7.12. The molecule has 21 heavy (non-hydrogen) atoms. The number of ether oxygens (including phenoxy) is 2. The molecule has 0 aromatic heterocycles. The molecule has 0 aliphatic carbocycles. The molecular weight excluding hydrogens is 339 g/mol. The number of benzene rings is 2. The van der Waals surface area contributed by atoms with E-state index in [1.807, 2.05) is 6.92 Å². The van der Waals surface area contributed by atoms with Crippen molar-refractivity contribution in [3.05, 3.63) is 57.3 Å². The van der Waals surface area contributed by atoms with E-state index in [2.05, 4.69) is 15.9 Å². The Morgan fingerprint density at radius 2 is 1.67 bits per heavy atom. The topological polar surface area (TPSA) is 38.7 Å². The summed E-state index contributed by atoms with van der Waals surface area (Å²) in [5, 5.41) is 10.6. The van der Waals surface area contributed by atoms with E-state index in [9.17, 15) is 9.50 Å². The van der Waals surface area contributed by atoms with Crippen LogP contribution in [-0.4, -0.2) is 19.3 Å². The van der Waals surface area contributed by atoms with Crippen molar-refractivity contribution < 1.29 is 19.0 Å². The highest BCUT2D eigenvalue weighted by atomic mass is 79.9. The largest absolute Gasteiger partial charge is 0.493 e. The van der Waals surface area contributed by atoms with E-state index in [4.69, 9.17) is 9.47 Å². The van der Waals surface area contributed by atoms with Crippen LogP contribution in [0, 0.1) is 12.7 Å². The molecule has 2 aromatic rings. The van der Waals surface area contributed by atoms with Gasteiger partial charge in [0.25, 0.3) is 0 Å². The van der Waals surface area contributed by atoms with Gasteiger partial charge in [-0.15, -0.1) is 0 Å². The normalized spacial score (nSPS) is 12.1. The molecule has 3 nitrogen and oxygen atoms in total. The molecule has 0 bridgehead atoms. The smallest absolute Gasteiger partial charge is 0.161 e. The van der Waals surface area contributed by atoms with Gasteiger partial charge < -0.3 is 14.6 Å². The van der Waals surface area contributed by atoms with E-state index in [0.717, 1.165) is 5.56 Å². The standard InChI is InChI=1S/C16H16BrFO3/c1-9-6-14(20-2)15(21-3)8-11(9)16(19)12-7-10(18)4-5-13(12)17/h4-8,16,19H,1-3H3. The van der Waals surface area contributed by atoms with Crippen molar-refractivity contribution in [3.63, 3.8) is 0 Å². The molecule has 0 fully saturated rings. The van der Waals surface area contributed by atoms with Crippen molar-refractivity contribution in [1.82, 2.24) is 0 Å². The van der Waals surface area contributed by atoms with Crippen molar-refractivity contribution in [2.75, 3.05) is 14.2 Å². The van der Waals surface area contributed by atoms with Crippen molar-refractivity contribution >= 4 is 15.9 Å². The summed E-state index contributed by atoms with van der Waals surface area (Å²) in [6.45, 7) is 1.85. The number of methoxy groups -OCH3 is 2. The number of aliphatic hydroxyl groups is 1. The van der Waals surface area contributed by atoms with Crippen molar-refractivity contribution in [1.29, 1.82) is 0 Å². The molecule has 0 saturated heterocycles. The van der Waals surface area contributed by atoms with Crippen LogP contribution in [0.25, 0.3) is 0 Å². The number of hydrogen-bond donors (Lipinski definition) is 1. The fraction of sp³-hybridized carbons (Fsp3) is 0.250. The van der Waals surface area contributed by atoms with Gasteiger partial charge in [-0.05, 0) is 48.4 Å². The molecule has 2 aromatic carbocycles. The van der Waals surface area contributed by atoms with Crippen LogP contribution in [0.15, 0.2) is 34.8 Å². The Balaban J connectivity index is 2.52. The Labute approximate surface area is 131 Å². The molecule has 0 amide bonds. The minimum atomic E-state index is -0.963. The summed E-state index contributed by atoms with van der Waals surface area (Å²) in [5.74, 6) is 0.708. The van der Waals surface area contributed by atoms with E-state index >= 15 is 0 Å². The van der Waals surface area contributed by atoms with Gasteiger partial charge in [0.05, 0.1) is 14.2 Å². The van der Waals surface area contributed by atoms with E-state index in [1.165, 1.54) is 19.2 Å². The van der Waals surface area contributed by atoms with Crippen LogP contribution in [0.5, 0.6) is 11.5 Å². The Morgan fingerprint density at radius 1 is 1.05 bits per heavy atom. The number of aliphatic hydroxyl groups excluding tert-OH is 1.